The lowest BCUT2D eigenvalue weighted by Crippen LogP contribution is -1.99. The monoisotopic (exact) mass is 934 g/mol. The second-order valence-corrected chi connectivity index (χ2v) is 20.3. The highest BCUT2D eigenvalue weighted by Gasteiger charge is 2.26. The molecule has 2 aliphatic heterocycles. The normalized spacial score (nSPS) is 13.2. The van der Waals surface area contributed by atoms with E-state index in [2.05, 4.69) is 9.97 Å². The lowest BCUT2D eigenvalue weighted by Gasteiger charge is -2.13. The van der Waals surface area contributed by atoms with E-state index in [1.54, 1.807) is 30.4 Å². The van der Waals surface area contributed by atoms with E-state index >= 15 is 0 Å². The predicted molar refractivity (Wildman–Crippen MR) is 239 cm³/mol. The van der Waals surface area contributed by atoms with Crippen LogP contribution in [-0.4, -0.2) is 71.8 Å². The molecule has 0 amide bonds. The van der Waals surface area contributed by atoms with Crippen molar-refractivity contribution in [2.45, 2.75) is 19.6 Å². The van der Waals surface area contributed by atoms with E-state index in [-0.39, 0.29) is 16.1 Å². The largest absolute Gasteiger partial charge is 0.355 e. The molecule has 322 valence electrons. The molecular formula is C44H30N4O12S4. The van der Waals surface area contributed by atoms with Crippen molar-refractivity contribution in [2.75, 3.05) is 0 Å². The van der Waals surface area contributed by atoms with Crippen LogP contribution in [0.15, 0.2) is 147 Å². The van der Waals surface area contributed by atoms with E-state index in [0.29, 0.717) is 78.1 Å². The Kier molecular flexibility index (Phi) is 10.2. The fraction of sp³-hybridized carbons (Fsp3) is 0. The molecule has 0 fully saturated rings. The highest BCUT2D eigenvalue weighted by molar-refractivity contribution is 7.86. The molecule has 0 aliphatic carbocycles. The Labute approximate surface area is 365 Å². The number of H-pyrrole nitrogens is 2. The Balaban J connectivity index is 1.51. The number of nitrogens with zero attached hydrogens (tertiary/aromatic N) is 2. The van der Waals surface area contributed by atoms with E-state index in [4.69, 9.17) is 9.97 Å². The molecule has 2 aliphatic rings. The molecule has 5 heterocycles. The van der Waals surface area contributed by atoms with Crippen LogP contribution in [0.5, 0.6) is 0 Å². The van der Waals surface area contributed by atoms with Crippen molar-refractivity contribution < 1.29 is 51.9 Å². The SMILES string of the molecule is O=S(=O)(O)c1ccc(C2=Cc3cc4ccc(cc5nc(cc6[nH]c(c(-c7ccc(S(=O)(=O)O)cc7)c2n3)c(-c2ccc(S(=O)(=O)O)cc2)c6-c2ccc(S(=O)(=O)O)cc2)C=C5)[nH]4)cc1. The second-order valence-electron chi connectivity index (χ2n) is 14.6. The van der Waals surface area contributed by atoms with Crippen molar-refractivity contribution in [2.24, 2.45) is 0 Å². The number of aromatic nitrogens is 4. The standard InChI is InChI=1S/C44H30N4O12S4/c49-61(50,51)34-13-1-25(2-14-34)38-23-33-22-31-10-9-29(45-31)21-30-11-12-32(46-30)24-39-40(26-3-15-35(16-4-26)62(52,53)54)41(27-5-17-36(18-6-27)63(55,56)57)44(48-39)42(43(38)47-33)28-7-19-37(20-8-28)64(58,59)60/h1-24,45,48H,(H,49,50,51)(H,52,53,54)(H,55,56,57)(H,58,59,60). The number of nitrogens with one attached hydrogen (secondary N) is 2. The van der Waals surface area contributed by atoms with Crippen molar-refractivity contribution >= 4 is 86.3 Å². The summed E-state index contributed by atoms with van der Waals surface area (Å²) >= 11 is 0. The maximum atomic E-state index is 12.3. The van der Waals surface area contributed by atoms with E-state index in [9.17, 15) is 51.9 Å². The minimum absolute atomic E-state index is 0.251. The van der Waals surface area contributed by atoms with E-state index < -0.39 is 55.2 Å². The molecule has 9 rings (SSSR count). The molecule has 0 saturated heterocycles. The third kappa shape index (κ3) is 8.34. The smallest absolute Gasteiger partial charge is 0.294 e. The summed E-state index contributed by atoms with van der Waals surface area (Å²) in [6.07, 6.45) is 5.30. The summed E-state index contributed by atoms with van der Waals surface area (Å²) in [7, 11) is -18.5. The van der Waals surface area contributed by atoms with Gasteiger partial charge in [-0.2, -0.15) is 33.7 Å². The van der Waals surface area contributed by atoms with Gasteiger partial charge in [0.15, 0.2) is 0 Å². The molecule has 0 saturated carbocycles. The lowest BCUT2D eigenvalue weighted by molar-refractivity contribution is 0.481. The summed E-state index contributed by atoms with van der Waals surface area (Å²) < 4.78 is 137. The molecule has 0 spiro atoms. The average molecular weight is 935 g/mol. The van der Waals surface area contributed by atoms with Crippen molar-refractivity contribution in [3.8, 4) is 33.4 Å². The van der Waals surface area contributed by atoms with Gasteiger partial charge in [0.2, 0.25) is 0 Å². The molecule has 3 aromatic heterocycles. The van der Waals surface area contributed by atoms with Crippen LogP contribution in [0, 0.1) is 0 Å². The minimum Gasteiger partial charge on any atom is -0.355 e. The van der Waals surface area contributed by atoms with Crippen LogP contribution in [-0.2, 0) is 40.5 Å². The van der Waals surface area contributed by atoms with Crippen LogP contribution < -0.4 is 0 Å². The molecule has 4 aromatic carbocycles. The van der Waals surface area contributed by atoms with Gasteiger partial charge in [0.1, 0.15) is 0 Å². The van der Waals surface area contributed by atoms with Crippen molar-refractivity contribution in [3.63, 3.8) is 0 Å². The Hall–Kier alpha value is -6.88. The molecule has 20 heteroatoms. The number of hydrogen-bond donors (Lipinski definition) is 6. The Morgan fingerprint density at radius 2 is 0.781 bits per heavy atom. The first-order chi connectivity index (χ1) is 30.2. The Bertz CT molecular complexity index is 3790. The topological polar surface area (TPSA) is 275 Å². The molecule has 64 heavy (non-hydrogen) atoms. The molecule has 8 bridgehead atoms. The zero-order valence-corrected chi connectivity index (χ0v) is 35.7. The third-order valence-corrected chi connectivity index (χ3v) is 13.9. The van der Waals surface area contributed by atoms with Gasteiger partial charge in [-0.1, -0.05) is 48.5 Å². The van der Waals surface area contributed by atoms with Gasteiger partial charge in [0.05, 0.1) is 47.9 Å². The van der Waals surface area contributed by atoms with Gasteiger partial charge < -0.3 is 9.97 Å². The van der Waals surface area contributed by atoms with Crippen molar-refractivity contribution in [1.29, 1.82) is 0 Å². The van der Waals surface area contributed by atoms with E-state index in [1.807, 2.05) is 18.2 Å². The molecule has 0 unspecified atom stereocenters. The van der Waals surface area contributed by atoms with Crippen molar-refractivity contribution in [1.82, 2.24) is 19.9 Å². The van der Waals surface area contributed by atoms with Crippen LogP contribution in [0.25, 0.3) is 79.2 Å². The molecule has 7 aromatic rings. The van der Waals surface area contributed by atoms with Crippen LogP contribution in [0.2, 0.25) is 0 Å². The van der Waals surface area contributed by atoms with Crippen LogP contribution >= 0.6 is 0 Å². The quantitative estimate of drug-likeness (QED) is 0.0787. The predicted octanol–water partition coefficient (Wildman–Crippen LogP) is 8.06. The Morgan fingerprint density at radius 3 is 1.23 bits per heavy atom. The van der Waals surface area contributed by atoms with Crippen LogP contribution in [0.4, 0.5) is 0 Å². The fourth-order valence-corrected chi connectivity index (χ4v) is 9.45. The molecular weight excluding hydrogens is 905 g/mol. The van der Waals surface area contributed by atoms with Gasteiger partial charge in [-0.15, -0.1) is 0 Å². The summed E-state index contributed by atoms with van der Waals surface area (Å²) in [6, 6.07) is 30.2. The number of rotatable bonds is 8. The number of aromatic amines is 2. The fourth-order valence-electron chi connectivity index (χ4n) is 7.53. The second kappa shape index (κ2) is 15.4. The minimum atomic E-state index is -4.67. The van der Waals surface area contributed by atoms with Gasteiger partial charge in [-0.25, -0.2) is 9.97 Å². The third-order valence-electron chi connectivity index (χ3n) is 10.4. The molecule has 6 N–H and O–H groups in total. The molecule has 0 atom stereocenters. The van der Waals surface area contributed by atoms with Gasteiger partial charge in [0, 0.05) is 38.8 Å². The zero-order valence-electron chi connectivity index (χ0n) is 32.4. The summed E-state index contributed by atoms with van der Waals surface area (Å²) in [6.45, 7) is 0. The highest BCUT2D eigenvalue weighted by Crippen LogP contribution is 2.46. The maximum absolute atomic E-state index is 12.3. The van der Waals surface area contributed by atoms with E-state index in [1.165, 1.54) is 97.1 Å². The number of benzene rings is 4. The van der Waals surface area contributed by atoms with Crippen LogP contribution in [0.1, 0.15) is 28.3 Å². The summed E-state index contributed by atoms with van der Waals surface area (Å²) in [5, 5.41) is 0. The van der Waals surface area contributed by atoms with Gasteiger partial charge in [0.25, 0.3) is 40.5 Å². The first-order valence-electron chi connectivity index (χ1n) is 18.7. The maximum Gasteiger partial charge on any atom is 0.294 e. The van der Waals surface area contributed by atoms with E-state index in [0.717, 1.165) is 0 Å². The average Bonchev–Trinajstić information content (AvgIpc) is 4.05. The summed E-state index contributed by atoms with van der Waals surface area (Å²) in [5.74, 6) is 0. The summed E-state index contributed by atoms with van der Waals surface area (Å²) in [4.78, 5) is 15.1. The Morgan fingerprint density at radius 1 is 0.391 bits per heavy atom. The first-order valence-corrected chi connectivity index (χ1v) is 24.5. The van der Waals surface area contributed by atoms with Crippen molar-refractivity contribution in [3.05, 3.63) is 156 Å². The van der Waals surface area contributed by atoms with Gasteiger partial charge >= 0.3 is 0 Å². The highest BCUT2D eigenvalue weighted by atomic mass is 32.2. The molecule has 16 nitrogen and oxygen atoms in total. The van der Waals surface area contributed by atoms with Gasteiger partial charge in [-0.05, 0) is 119 Å². The molecule has 0 radical (unpaired) electrons. The first kappa shape index (κ1) is 42.4. The number of hydrogen-bond acceptors (Lipinski definition) is 10. The lowest BCUT2D eigenvalue weighted by atomic mass is 9.91. The summed E-state index contributed by atoms with van der Waals surface area (Å²) in [5.41, 5.74) is 6.76. The van der Waals surface area contributed by atoms with Crippen LogP contribution in [0.3, 0.4) is 0 Å². The van der Waals surface area contributed by atoms with Gasteiger partial charge in [-0.3, -0.25) is 18.2 Å². The zero-order chi connectivity index (χ0) is 45.3. The number of fused-ring (bicyclic) bond motifs is 8.